The van der Waals surface area contributed by atoms with Crippen LogP contribution in [0.4, 0.5) is 0 Å². The van der Waals surface area contributed by atoms with Gasteiger partial charge in [-0.05, 0) is 18.9 Å². The van der Waals surface area contributed by atoms with Gasteiger partial charge >= 0.3 is 0 Å². The quantitative estimate of drug-likeness (QED) is 0.646. The summed E-state index contributed by atoms with van der Waals surface area (Å²) < 4.78 is 0. The van der Waals surface area contributed by atoms with Crippen molar-refractivity contribution in [2.75, 3.05) is 0 Å². The predicted octanol–water partition coefficient (Wildman–Crippen LogP) is 3.04. The fourth-order valence-electron chi connectivity index (χ4n) is 2.01. The van der Waals surface area contributed by atoms with Crippen molar-refractivity contribution in [3.8, 4) is 6.07 Å². The van der Waals surface area contributed by atoms with Gasteiger partial charge in [-0.3, -0.25) is 0 Å². The van der Waals surface area contributed by atoms with Crippen LogP contribution in [0.1, 0.15) is 18.9 Å². The number of hydrogen-bond acceptors (Lipinski definition) is 1. The predicted molar refractivity (Wildman–Crippen MR) is 56.7 cm³/mol. The van der Waals surface area contributed by atoms with Crippen LogP contribution in [0.25, 0.3) is 0 Å². The van der Waals surface area contributed by atoms with Gasteiger partial charge in [0.05, 0.1) is 11.5 Å². The third kappa shape index (κ3) is 1.24. The fraction of sp³-hybridized carbons (Fsp3) is 0.308. The molecule has 70 valence electrons. The van der Waals surface area contributed by atoms with Crippen molar-refractivity contribution in [2.45, 2.75) is 18.8 Å². The van der Waals surface area contributed by atoms with Gasteiger partial charge in [0.25, 0.3) is 0 Å². The van der Waals surface area contributed by atoms with E-state index in [9.17, 15) is 5.26 Å². The molecule has 0 radical (unpaired) electrons. The van der Waals surface area contributed by atoms with E-state index in [0.717, 1.165) is 12.0 Å². The molecule has 1 nitrogen and oxygen atoms in total. The number of nitriles is 1. The maximum Gasteiger partial charge on any atom is 0.0891 e. The van der Waals surface area contributed by atoms with E-state index in [1.165, 1.54) is 0 Å². The summed E-state index contributed by atoms with van der Waals surface area (Å²) in [6.45, 7) is 2.01. The molecule has 1 saturated carbocycles. The molecule has 2 unspecified atom stereocenters. The van der Waals surface area contributed by atoms with Crippen LogP contribution in [0, 0.1) is 17.2 Å². The average Bonchev–Trinajstić information content (AvgIpc) is 2.95. The lowest BCUT2D eigenvalue weighted by Crippen LogP contribution is -2.05. The molecule has 1 fully saturated rings. The van der Waals surface area contributed by atoms with Crippen molar-refractivity contribution in [2.24, 2.45) is 5.92 Å². The highest BCUT2D eigenvalue weighted by Crippen LogP contribution is 2.54. The lowest BCUT2D eigenvalue weighted by Gasteiger charge is -2.06. The first-order chi connectivity index (χ1) is 6.83. The fourth-order valence-corrected chi connectivity index (χ4v) is 2.01. The van der Waals surface area contributed by atoms with E-state index in [4.69, 9.17) is 0 Å². The zero-order chi connectivity index (χ0) is 10.0. The summed E-state index contributed by atoms with van der Waals surface area (Å²) in [6.07, 6.45) is 5.14. The molecule has 0 bridgehead atoms. The van der Waals surface area contributed by atoms with Gasteiger partial charge in [0, 0.05) is 5.92 Å². The number of allylic oxidation sites excluding steroid dienone is 2. The van der Waals surface area contributed by atoms with E-state index < -0.39 is 0 Å². The van der Waals surface area contributed by atoms with Crippen LogP contribution in [-0.2, 0) is 5.41 Å². The molecule has 1 aromatic carbocycles. The number of hydrogen-bond donors (Lipinski definition) is 0. The molecule has 14 heavy (non-hydrogen) atoms. The smallest absolute Gasteiger partial charge is 0.0891 e. The van der Waals surface area contributed by atoms with Gasteiger partial charge in [-0.1, -0.05) is 42.5 Å². The first-order valence-corrected chi connectivity index (χ1v) is 4.93. The van der Waals surface area contributed by atoms with Gasteiger partial charge < -0.3 is 0 Å². The van der Waals surface area contributed by atoms with Crippen LogP contribution in [0.2, 0.25) is 0 Å². The van der Waals surface area contributed by atoms with Gasteiger partial charge in [-0.25, -0.2) is 0 Å². The summed E-state index contributed by atoms with van der Waals surface area (Å²) in [5, 5.41) is 9.22. The minimum absolute atomic E-state index is 0.228. The second-order valence-corrected chi connectivity index (χ2v) is 3.79. The maximum absolute atomic E-state index is 9.22. The molecule has 0 spiro atoms. The second-order valence-electron chi connectivity index (χ2n) is 3.79. The van der Waals surface area contributed by atoms with Crippen molar-refractivity contribution in [3.63, 3.8) is 0 Å². The van der Waals surface area contributed by atoms with E-state index in [-0.39, 0.29) is 5.41 Å². The van der Waals surface area contributed by atoms with Crippen LogP contribution >= 0.6 is 0 Å². The van der Waals surface area contributed by atoms with Crippen LogP contribution in [0.15, 0.2) is 42.5 Å². The lowest BCUT2D eigenvalue weighted by molar-refractivity contribution is 0.841. The largest absolute Gasteiger partial charge is 0.197 e. The van der Waals surface area contributed by atoms with E-state index in [1.807, 2.05) is 43.3 Å². The lowest BCUT2D eigenvalue weighted by atomic mass is 9.95. The van der Waals surface area contributed by atoms with Gasteiger partial charge in [0.2, 0.25) is 0 Å². The summed E-state index contributed by atoms with van der Waals surface area (Å²) in [5.74, 6) is 0.417. The van der Waals surface area contributed by atoms with E-state index >= 15 is 0 Å². The molecular weight excluding hydrogens is 170 g/mol. The Kier molecular flexibility index (Phi) is 2.13. The summed E-state index contributed by atoms with van der Waals surface area (Å²) in [7, 11) is 0. The van der Waals surface area contributed by atoms with Gasteiger partial charge in [-0.2, -0.15) is 5.26 Å². The molecule has 0 aromatic heterocycles. The van der Waals surface area contributed by atoms with Crippen molar-refractivity contribution in [3.05, 3.63) is 48.0 Å². The zero-order valence-corrected chi connectivity index (χ0v) is 8.27. The molecule has 0 aliphatic heterocycles. The first kappa shape index (κ1) is 9.02. The standard InChI is InChI=1S/C13H13N/c1-2-6-12-9-13(12,10-14)11-7-4-3-5-8-11/h2-8,12H,9H2,1H3. The number of rotatable bonds is 2. The Labute approximate surface area is 84.7 Å². The molecule has 0 saturated heterocycles. The van der Waals surface area contributed by atoms with Crippen LogP contribution < -0.4 is 0 Å². The Morgan fingerprint density at radius 2 is 2.14 bits per heavy atom. The van der Waals surface area contributed by atoms with Crippen LogP contribution in [0.3, 0.4) is 0 Å². The zero-order valence-electron chi connectivity index (χ0n) is 8.27. The molecular formula is C13H13N. The average molecular weight is 183 g/mol. The summed E-state index contributed by atoms with van der Waals surface area (Å²) in [4.78, 5) is 0. The molecule has 1 aliphatic rings. The third-order valence-corrected chi connectivity index (χ3v) is 2.93. The number of nitrogens with zero attached hydrogens (tertiary/aromatic N) is 1. The molecule has 0 amide bonds. The van der Waals surface area contributed by atoms with E-state index in [2.05, 4.69) is 12.1 Å². The van der Waals surface area contributed by atoms with Crippen LogP contribution in [-0.4, -0.2) is 0 Å². The van der Waals surface area contributed by atoms with Gasteiger partial charge in [0.15, 0.2) is 0 Å². The van der Waals surface area contributed by atoms with Crippen LogP contribution in [0.5, 0.6) is 0 Å². The van der Waals surface area contributed by atoms with E-state index in [0.29, 0.717) is 5.92 Å². The minimum Gasteiger partial charge on any atom is -0.197 e. The topological polar surface area (TPSA) is 23.8 Å². The van der Waals surface area contributed by atoms with Crippen molar-refractivity contribution >= 4 is 0 Å². The first-order valence-electron chi connectivity index (χ1n) is 4.93. The molecule has 0 heterocycles. The van der Waals surface area contributed by atoms with Crippen molar-refractivity contribution in [1.82, 2.24) is 0 Å². The Morgan fingerprint density at radius 3 is 2.71 bits per heavy atom. The Hall–Kier alpha value is -1.55. The molecule has 2 atom stereocenters. The Balaban J connectivity index is 2.31. The van der Waals surface area contributed by atoms with E-state index in [1.54, 1.807) is 0 Å². The summed E-state index contributed by atoms with van der Waals surface area (Å²) in [5.41, 5.74) is 0.930. The van der Waals surface area contributed by atoms with Gasteiger partial charge in [-0.15, -0.1) is 0 Å². The van der Waals surface area contributed by atoms with Crippen molar-refractivity contribution < 1.29 is 0 Å². The molecule has 0 N–H and O–H groups in total. The molecule has 1 aromatic rings. The highest BCUT2D eigenvalue weighted by Gasteiger charge is 2.54. The highest BCUT2D eigenvalue weighted by molar-refractivity contribution is 5.43. The summed E-state index contributed by atoms with van der Waals surface area (Å²) >= 11 is 0. The second kappa shape index (κ2) is 3.31. The van der Waals surface area contributed by atoms with Crippen molar-refractivity contribution in [1.29, 1.82) is 5.26 Å². The highest BCUT2D eigenvalue weighted by atomic mass is 14.6. The molecule has 1 heteroatoms. The number of benzene rings is 1. The monoisotopic (exact) mass is 183 g/mol. The summed E-state index contributed by atoms with van der Waals surface area (Å²) in [6, 6.07) is 12.5. The Morgan fingerprint density at radius 1 is 1.43 bits per heavy atom. The maximum atomic E-state index is 9.22. The molecule has 2 rings (SSSR count). The molecule has 1 aliphatic carbocycles. The van der Waals surface area contributed by atoms with Gasteiger partial charge in [0.1, 0.15) is 0 Å². The minimum atomic E-state index is -0.228. The SMILES string of the molecule is CC=CC1CC1(C#N)c1ccccc1. The Bertz CT molecular complexity index is 385. The third-order valence-electron chi connectivity index (χ3n) is 2.93. The normalized spacial score (nSPS) is 30.1.